The predicted molar refractivity (Wildman–Crippen MR) is 67.6 cm³/mol. The lowest BCUT2D eigenvalue weighted by Gasteiger charge is -2.32. The summed E-state index contributed by atoms with van der Waals surface area (Å²) in [6.45, 7) is 11.5. The molecular weight excluding hydrogens is 225 g/mol. The number of hydrogen-bond donors (Lipinski definition) is 0. The normalized spacial score (nSPS) is 15.7. The van der Waals surface area contributed by atoms with Crippen molar-refractivity contribution < 1.29 is 13.6 Å². The fourth-order valence-electron chi connectivity index (χ4n) is 1.45. The fraction of sp³-hybridized carbons (Fsp3) is 1.00. The monoisotopic (exact) mass is 251 g/mol. The molecule has 1 atom stereocenters. The summed E-state index contributed by atoms with van der Waals surface area (Å²) in [5.41, 5.74) is 0. The van der Waals surface area contributed by atoms with Crippen molar-refractivity contribution in [2.45, 2.75) is 53.5 Å². The third kappa shape index (κ3) is 4.96. The molecule has 0 aliphatic rings. The van der Waals surface area contributed by atoms with Crippen LogP contribution < -0.4 is 0 Å². The molecule has 0 rings (SSSR count). The van der Waals surface area contributed by atoms with Crippen LogP contribution in [0.1, 0.15) is 47.5 Å². The molecule has 0 saturated carbocycles. The van der Waals surface area contributed by atoms with Gasteiger partial charge in [-0.3, -0.25) is 9.05 Å². The van der Waals surface area contributed by atoms with Gasteiger partial charge in [0, 0.05) is 12.6 Å². The van der Waals surface area contributed by atoms with Crippen LogP contribution in [0.4, 0.5) is 0 Å². The number of hydrogen-bond acceptors (Lipinski definition) is 3. The van der Waals surface area contributed by atoms with Crippen LogP contribution in [0.5, 0.6) is 0 Å². The van der Waals surface area contributed by atoms with Crippen LogP contribution in [0.2, 0.25) is 0 Å². The van der Waals surface area contributed by atoms with E-state index in [1.165, 1.54) is 0 Å². The van der Waals surface area contributed by atoms with E-state index < -0.39 is 7.75 Å². The quantitative estimate of drug-likeness (QED) is 0.586. The van der Waals surface area contributed by atoms with E-state index in [-0.39, 0.29) is 6.04 Å². The average molecular weight is 251 g/mol. The highest BCUT2D eigenvalue weighted by molar-refractivity contribution is 7.51. The van der Waals surface area contributed by atoms with E-state index in [1.54, 1.807) is 0 Å². The molecule has 0 aromatic rings. The maximum Gasteiger partial charge on any atom is 0.408 e. The van der Waals surface area contributed by atoms with E-state index in [4.69, 9.17) is 9.05 Å². The van der Waals surface area contributed by atoms with Crippen LogP contribution in [0.3, 0.4) is 0 Å². The molecule has 0 spiro atoms. The maximum atomic E-state index is 12.6. The molecule has 0 heterocycles. The van der Waals surface area contributed by atoms with E-state index >= 15 is 0 Å². The first-order valence-corrected chi connectivity index (χ1v) is 7.67. The van der Waals surface area contributed by atoms with Gasteiger partial charge in [0.15, 0.2) is 0 Å². The smallest absolute Gasteiger partial charge is 0.297 e. The van der Waals surface area contributed by atoms with Gasteiger partial charge in [-0.15, -0.1) is 0 Å². The lowest BCUT2D eigenvalue weighted by molar-refractivity contribution is 0.149. The van der Waals surface area contributed by atoms with Crippen LogP contribution in [0.25, 0.3) is 0 Å². The summed E-state index contributed by atoms with van der Waals surface area (Å²) in [4.78, 5) is 0. The Morgan fingerprint density at radius 2 is 1.75 bits per heavy atom. The minimum absolute atomic E-state index is 0.161. The summed E-state index contributed by atoms with van der Waals surface area (Å²) in [5, 5.41) is 0. The van der Waals surface area contributed by atoms with Crippen molar-refractivity contribution in [1.82, 2.24) is 4.67 Å². The van der Waals surface area contributed by atoms with Gasteiger partial charge in [0.25, 0.3) is 0 Å². The Bertz CT molecular complexity index is 221. The Labute approximate surface area is 99.9 Å². The zero-order valence-corrected chi connectivity index (χ0v) is 12.1. The minimum atomic E-state index is -3.09. The topological polar surface area (TPSA) is 38.8 Å². The van der Waals surface area contributed by atoms with Gasteiger partial charge in [-0.25, -0.2) is 9.24 Å². The van der Waals surface area contributed by atoms with Crippen molar-refractivity contribution in [1.29, 1.82) is 0 Å². The summed E-state index contributed by atoms with van der Waals surface area (Å²) >= 11 is 0. The van der Waals surface area contributed by atoms with E-state index in [0.29, 0.717) is 13.2 Å². The highest BCUT2D eigenvalue weighted by Gasteiger charge is 2.34. The first-order valence-electron chi connectivity index (χ1n) is 6.18. The fourth-order valence-corrected chi connectivity index (χ4v) is 3.57. The van der Waals surface area contributed by atoms with Gasteiger partial charge < -0.3 is 0 Å². The molecule has 0 aromatic carbocycles. The van der Waals surface area contributed by atoms with Crippen LogP contribution >= 0.6 is 7.75 Å². The van der Waals surface area contributed by atoms with Gasteiger partial charge in [-0.2, -0.15) is 0 Å². The van der Waals surface area contributed by atoms with Gasteiger partial charge in [0.05, 0.1) is 13.2 Å². The molecule has 4 nitrogen and oxygen atoms in total. The second-order valence-electron chi connectivity index (χ2n) is 3.98. The first-order chi connectivity index (χ1) is 7.51. The van der Waals surface area contributed by atoms with Crippen molar-refractivity contribution in [3.63, 3.8) is 0 Å². The summed E-state index contributed by atoms with van der Waals surface area (Å²) in [7, 11) is -3.09. The van der Waals surface area contributed by atoms with Crippen molar-refractivity contribution in [2.75, 3.05) is 19.8 Å². The molecule has 0 saturated heterocycles. The second-order valence-corrected chi connectivity index (χ2v) is 5.94. The minimum Gasteiger partial charge on any atom is -0.297 e. The molecule has 0 bridgehead atoms. The highest BCUT2D eigenvalue weighted by atomic mass is 31.2. The van der Waals surface area contributed by atoms with Crippen LogP contribution in [-0.4, -0.2) is 30.5 Å². The Hall–Kier alpha value is 0.110. The van der Waals surface area contributed by atoms with Crippen molar-refractivity contribution in [3.05, 3.63) is 0 Å². The first kappa shape index (κ1) is 16.1. The largest absolute Gasteiger partial charge is 0.408 e. The molecule has 0 fully saturated rings. The summed E-state index contributed by atoms with van der Waals surface area (Å²) < 4.78 is 25.2. The molecule has 0 radical (unpaired) electrons. The summed E-state index contributed by atoms with van der Waals surface area (Å²) in [5.74, 6) is 0. The molecule has 0 aliphatic heterocycles. The van der Waals surface area contributed by atoms with Crippen molar-refractivity contribution in [2.24, 2.45) is 0 Å². The van der Waals surface area contributed by atoms with Crippen LogP contribution in [-0.2, 0) is 13.6 Å². The van der Waals surface area contributed by atoms with Crippen molar-refractivity contribution >= 4 is 7.75 Å². The highest BCUT2D eigenvalue weighted by Crippen LogP contribution is 2.53. The third-order valence-corrected chi connectivity index (χ3v) is 4.50. The summed E-state index contributed by atoms with van der Waals surface area (Å²) in [6, 6.07) is 0.161. The van der Waals surface area contributed by atoms with Gasteiger partial charge in [0.2, 0.25) is 0 Å². The second kappa shape index (κ2) is 8.24. The zero-order valence-electron chi connectivity index (χ0n) is 11.2. The molecule has 1 unspecified atom stereocenters. The van der Waals surface area contributed by atoms with Crippen LogP contribution in [0.15, 0.2) is 0 Å². The molecule has 0 amide bonds. The van der Waals surface area contributed by atoms with Gasteiger partial charge >= 0.3 is 7.75 Å². The number of nitrogens with zero attached hydrogens (tertiary/aromatic N) is 1. The third-order valence-electron chi connectivity index (χ3n) is 2.11. The van der Waals surface area contributed by atoms with Crippen LogP contribution in [0, 0.1) is 0 Å². The van der Waals surface area contributed by atoms with E-state index in [2.05, 4.69) is 6.92 Å². The summed E-state index contributed by atoms with van der Waals surface area (Å²) in [6.07, 6.45) is 1.78. The molecule has 98 valence electrons. The molecule has 16 heavy (non-hydrogen) atoms. The average Bonchev–Trinajstić information content (AvgIpc) is 2.23. The predicted octanol–water partition coefficient (Wildman–Crippen LogP) is 3.68. The molecule has 0 N–H and O–H groups in total. The SMILES string of the molecule is CCCOP(=O)(OCC)N(CCC)C(C)C. The van der Waals surface area contributed by atoms with E-state index in [0.717, 1.165) is 19.4 Å². The van der Waals surface area contributed by atoms with Gasteiger partial charge in [-0.05, 0) is 33.6 Å². The van der Waals surface area contributed by atoms with Gasteiger partial charge in [-0.1, -0.05) is 13.8 Å². The molecule has 0 aliphatic carbocycles. The van der Waals surface area contributed by atoms with E-state index in [1.807, 2.05) is 32.4 Å². The Morgan fingerprint density at radius 1 is 1.12 bits per heavy atom. The maximum absolute atomic E-state index is 12.6. The Balaban J connectivity index is 4.73. The standard InChI is InChI=1S/C11H26NO3P/c1-6-9-12(11(4)5)16(13,14-8-3)15-10-7-2/h11H,6-10H2,1-5H3. The molecular formula is C11H26NO3P. The lowest BCUT2D eigenvalue weighted by Crippen LogP contribution is -2.30. The lowest BCUT2D eigenvalue weighted by atomic mass is 10.4. The Kier molecular flexibility index (Phi) is 8.29. The van der Waals surface area contributed by atoms with Gasteiger partial charge in [0.1, 0.15) is 0 Å². The zero-order chi connectivity index (χ0) is 12.6. The number of rotatable bonds is 9. The Morgan fingerprint density at radius 3 is 2.12 bits per heavy atom. The molecule has 0 aromatic heterocycles. The molecule has 5 heteroatoms. The van der Waals surface area contributed by atoms with E-state index in [9.17, 15) is 4.57 Å². The van der Waals surface area contributed by atoms with Crippen molar-refractivity contribution in [3.8, 4) is 0 Å².